The van der Waals surface area contributed by atoms with Gasteiger partial charge in [-0.3, -0.25) is 4.79 Å². The summed E-state index contributed by atoms with van der Waals surface area (Å²) in [5.74, 6) is -2.33. The highest BCUT2D eigenvalue weighted by Gasteiger charge is 2.22. The van der Waals surface area contributed by atoms with Crippen molar-refractivity contribution in [2.75, 3.05) is 12.0 Å². The number of carbonyl (C=O) groups excluding carboxylic acids is 1. The summed E-state index contributed by atoms with van der Waals surface area (Å²) in [7, 11) is -3.32. The number of nitrogens with one attached hydrogen (secondary N) is 1. The summed E-state index contributed by atoms with van der Waals surface area (Å²) in [6.07, 6.45) is 0.772. The van der Waals surface area contributed by atoms with Gasteiger partial charge in [0.1, 0.15) is 15.9 Å². The van der Waals surface area contributed by atoms with Gasteiger partial charge in [0.2, 0.25) is 0 Å². The number of hydrogen-bond acceptors (Lipinski definition) is 4. The number of benzene rings is 1. The van der Waals surface area contributed by atoms with Crippen molar-refractivity contribution in [3.8, 4) is 0 Å². The molecule has 0 aromatic heterocycles. The first-order chi connectivity index (χ1) is 9.60. The van der Waals surface area contributed by atoms with Gasteiger partial charge in [0.15, 0.2) is 0 Å². The van der Waals surface area contributed by atoms with Crippen molar-refractivity contribution in [3.63, 3.8) is 0 Å². The molecule has 116 valence electrons. The van der Waals surface area contributed by atoms with Gasteiger partial charge in [-0.25, -0.2) is 13.2 Å². The van der Waals surface area contributed by atoms with E-state index in [1.807, 2.05) is 0 Å². The number of carboxylic acid groups (broad SMARTS) is 1. The Bertz CT molecular complexity index is 660. The molecule has 0 radical (unpaired) electrons. The molecule has 0 saturated carbocycles. The first-order valence-electron chi connectivity index (χ1n) is 5.76. The predicted octanol–water partition coefficient (Wildman–Crippen LogP) is 1.61. The van der Waals surface area contributed by atoms with E-state index in [2.05, 4.69) is 5.32 Å². The number of carboxylic acids is 1. The van der Waals surface area contributed by atoms with Crippen LogP contribution in [0, 0.1) is 0 Å². The Balaban J connectivity index is 2.81. The standard InChI is InChI=1S/C12H13Cl2NO5S/c1-21(19,20)5-4-10(12(17)18)15-11(16)7-2-3-8(13)9(14)6-7/h2-3,6,10H,4-5H2,1H3,(H,15,16)(H,17,18). The van der Waals surface area contributed by atoms with E-state index in [1.165, 1.54) is 18.2 Å². The largest absolute Gasteiger partial charge is 0.480 e. The highest BCUT2D eigenvalue weighted by atomic mass is 35.5. The molecule has 0 bridgehead atoms. The van der Waals surface area contributed by atoms with Crippen molar-refractivity contribution in [1.82, 2.24) is 5.32 Å². The minimum absolute atomic E-state index is 0.134. The molecule has 1 atom stereocenters. The van der Waals surface area contributed by atoms with Crippen LogP contribution in [-0.2, 0) is 14.6 Å². The van der Waals surface area contributed by atoms with Crippen LogP contribution in [0.4, 0.5) is 0 Å². The zero-order valence-electron chi connectivity index (χ0n) is 11.0. The van der Waals surface area contributed by atoms with E-state index in [1.54, 1.807) is 0 Å². The molecule has 0 fully saturated rings. The molecule has 1 aromatic rings. The second kappa shape index (κ2) is 7.11. The summed E-state index contributed by atoms with van der Waals surface area (Å²) < 4.78 is 22.1. The van der Waals surface area contributed by atoms with Gasteiger partial charge in [0.25, 0.3) is 5.91 Å². The fourth-order valence-corrected chi connectivity index (χ4v) is 2.43. The zero-order chi connectivity index (χ0) is 16.2. The van der Waals surface area contributed by atoms with Crippen LogP contribution in [0.3, 0.4) is 0 Å². The highest BCUT2D eigenvalue weighted by molar-refractivity contribution is 7.90. The van der Waals surface area contributed by atoms with Gasteiger partial charge in [-0.1, -0.05) is 23.2 Å². The first-order valence-corrected chi connectivity index (χ1v) is 8.58. The third kappa shape index (κ3) is 5.91. The number of amides is 1. The summed E-state index contributed by atoms with van der Waals surface area (Å²) in [5, 5.41) is 11.7. The highest BCUT2D eigenvalue weighted by Crippen LogP contribution is 2.22. The van der Waals surface area contributed by atoms with Crippen molar-refractivity contribution in [2.24, 2.45) is 0 Å². The van der Waals surface area contributed by atoms with E-state index >= 15 is 0 Å². The molecule has 1 amide bonds. The Morgan fingerprint density at radius 1 is 1.29 bits per heavy atom. The van der Waals surface area contributed by atoms with Crippen LogP contribution >= 0.6 is 23.2 Å². The molecule has 0 aliphatic rings. The third-order valence-corrected chi connectivity index (χ3v) is 4.28. The summed E-state index contributed by atoms with van der Waals surface area (Å²) >= 11 is 11.5. The Labute approximate surface area is 132 Å². The quantitative estimate of drug-likeness (QED) is 0.808. The topological polar surface area (TPSA) is 101 Å². The maximum atomic E-state index is 11.9. The van der Waals surface area contributed by atoms with Crippen molar-refractivity contribution >= 4 is 44.9 Å². The molecule has 1 aromatic carbocycles. The van der Waals surface area contributed by atoms with Crippen molar-refractivity contribution in [3.05, 3.63) is 33.8 Å². The maximum Gasteiger partial charge on any atom is 0.326 e. The number of hydrogen-bond donors (Lipinski definition) is 2. The summed E-state index contributed by atoms with van der Waals surface area (Å²) in [4.78, 5) is 23.0. The van der Waals surface area contributed by atoms with E-state index in [0.29, 0.717) is 0 Å². The van der Waals surface area contributed by atoms with Crippen LogP contribution in [0.2, 0.25) is 10.0 Å². The fraction of sp³-hybridized carbons (Fsp3) is 0.333. The number of sulfone groups is 1. The van der Waals surface area contributed by atoms with E-state index < -0.39 is 27.8 Å². The number of aliphatic carboxylic acids is 1. The molecule has 0 aliphatic heterocycles. The lowest BCUT2D eigenvalue weighted by atomic mass is 10.1. The number of carbonyl (C=O) groups is 2. The van der Waals surface area contributed by atoms with Gasteiger partial charge in [0, 0.05) is 11.8 Å². The molecule has 1 unspecified atom stereocenters. The summed E-state index contributed by atoms with van der Waals surface area (Å²) in [6.45, 7) is 0. The monoisotopic (exact) mass is 353 g/mol. The van der Waals surface area contributed by atoms with Crippen molar-refractivity contribution in [1.29, 1.82) is 0 Å². The maximum absolute atomic E-state index is 11.9. The van der Waals surface area contributed by atoms with Gasteiger partial charge in [-0.2, -0.15) is 0 Å². The molecular formula is C12H13Cl2NO5S. The van der Waals surface area contributed by atoms with Gasteiger partial charge >= 0.3 is 5.97 Å². The molecule has 0 heterocycles. The van der Waals surface area contributed by atoms with Crippen LogP contribution in [-0.4, -0.2) is 43.5 Å². The minimum Gasteiger partial charge on any atom is -0.480 e. The SMILES string of the molecule is CS(=O)(=O)CCC(NC(=O)c1ccc(Cl)c(Cl)c1)C(=O)O. The minimum atomic E-state index is -3.32. The number of rotatable bonds is 6. The second-order valence-electron chi connectivity index (χ2n) is 4.41. The van der Waals surface area contributed by atoms with Crippen LogP contribution in [0.5, 0.6) is 0 Å². The average molecular weight is 354 g/mol. The van der Waals surface area contributed by atoms with Gasteiger partial charge < -0.3 is 10.4 Å². The molecule has 0 saturated heterocycles. The Hall–Kier alpha value is -1.31. The summed E-state index contributed by atoms with van der Waals surface area (Å²) in [6, 6.07) is 2.79. The van der Waals surface area contributed by atoms with Gasteiger partial charge in [0.05, 0.1) is 15.8 Å². The third-order valence-electron chi connectivity index (χ3n) is 2.56. The lowest BCUT2D eigenvalue weighted by Crippen LogP contribution is -2.41. The molecule has 21 heavy (non-hydrogen) atoms. The van der Waals surface area contributed by atoms with E-state index in [-0.39, 0.29) is 27.8 Å². The predicted molar refractivity (Wildman–Crippen MR) is 79.7 cm³/mol. The van der Waals surface area contributed by atoms with E-state index in [9.17, 15) is 18.0 Å². The van der Waals surface area contributed by atoms with Crippen LogP contribution in [0.1, 0.15) is 16.8 Å². The molecule has 9 heteroatoms. The Kier molecular flexibility index (Phi) is 6.00. The van der Waals surface area contributed by atoms with E-state index in [4.69, 9.17) is 28.3 Å². The lowest BCUT2D eigenvalue weighted by Gasteiger charge is -2.14. The lowest BCUT2D eigenvalue weighted by molar-refractivity contribution is -0.139. The van der Waals surface area contributed by atoms with Gasteiger partial charge in [-0.05, 0) is 24.6 Å². The van der Waals surface area contributed by atoms with E-state index in [0.717, 1.165) is 6.26 Å². The van der Waals surface area contributed by atoms with Gasteiger partial charge in [-0.15, -0.1) is 0 Å². The summed E-state index contributed by atoms with van der Waals surface area (Å²) in [5.41, 5.74) is 0.134. The van der Waals surface area contributed by atoms with Crippen molar-refractivity contribution < 1.29 is 23.1 Å². The van der Waals surface area contributed by atoms with Crippen molar-refractivity contribution in [2.45, 2.75) is 12.5 Å². The molecule has 0 aliphatic carbocycles. The molecule has 6 nitrogen and oxygen atoms in total. The van der Waals surface area contributed by atoms with Crippen LogP contribution in [0.25, 0.3) is 0 Å². The van der Waals surface area contributed by atoms with Crippen LogP contribution < -0.4 is 5.32 Å². The Morgan fingerprint density at radius 3 is 2.38 bits per heavy atom. The smallest absolute Gasteiger partial charge is 0.326 e. The zero-order valence-corrected chi connectivity index (χ0v) is 13.3. The van der Waals surface area contributed by atoms with Crippen LogP contribution in [0.15, 0.2) is 18.2 Å². The normalized spacial score (nSPS) is 12.7. The fourth-order valence-electron chi connectivity index (χ4n) is 1.47. The molecule has 1 rings (SSSR count). The molecule has 0 spiro atoms. The number of halogens is 2. The average Bonchev–Trinajstić information content (AvgIpc) is 2.36. The molecule has 2 N–H and O–H groups in total. The Morgan fingerprint density at radius 2 is 1.90 bits per heavy atom. The first kappa shape index (κ1) is 17.7. The molecular weight excluding hydrogens is 341 g/mol. The second-order valence-corrected chi connectivity index (χ2v) is 7.49.